The van der Waals surface area contributed by atoms with Crippen molar-refractivity contribution < 1.29 is 4.79 Å². The van der Waals surface area contributed by atoms with E-state index in [0.29, 0.717) is 17.0 Å². The van der Waals surface area contributed by atoms with Crippen LogP contribution in [0.3, 0.4) is 0 Å². The van der Waals surface area contributed by atoms with Crippen molar-refractivity contribution in [3.8, 4) is 0 Å². The lowest BCUT2D eigenvalue weighted by Gasteiger charge is -2.16. The van der Waals surface area contributed by atoms with Gasteiger partial charge in [0.15, 0.2) is 0 Å². The molecule has 18 heavy (non-hydrogen) atoms. The third-order valence-corrected chi connectivity index (χ3v) is 4.26. The smallest absolute Gasteiger partial charge is 0.272 e. The third kappa shape index (κ3) is 2.02. The van der Waals surface area contributed by atoms with Crippen LogP contribution >= 0.6 is 0 Å². The van der Waals surface area contributed by atoms with Crippen LogP contribution in [0.5, 0.6) is 0 Å². The number of hydrogen-bond acceptors (Lipinski definition) is 2. The fourth-order valence-corrected chi connectivity index (χ4v) is 2.75. The molecule has 1 saturated carbocycles. The van der Waals surface area contributed by atoms with E-state index in [4.69, 9.17) is 0 Å². The zero-order valence-electron chi connectivity index (χ0n) is 11.1. The summed E-state index contributed by atoms with van der Waals surface area (Å²) in [5.41, 5.74) is 2.10. The highest BCUT2D eigenvalue weighted by atomic mass is 16.2. The molecule has 2 aliphatic rings. The average molecular weight is 244 g/mol. The highest BCUT2D eigenvalue weighted by Gasteiger charge is 2.48. The first-order valence-electron chi connectivity index (χ1n) is 6.86. The topological polar surface area (TPSA) is 33.2 Å². The summed E-state index contributed by atoms with van der Waals surface area (Å²) in [5, 5.41) is 0. The first-order valence-corrected chi connectivity index (χ1v) is 6.86. The molecule has 96 valence electrons. The quantitative estimate of drug-likeness (QED) is 0.801. The fraction of sp³-hybridized carbons (Fsp3) is 0.600. The van der Waals surface area contributed by atoms with E-state index in [2.05, 4.69) is 18.8 Å². The van der Waals surface area contributed by atoms with E-state index >= 15 is 0 Å². The van der Waals surface area contributed by atoms with Gasteiger partial charge in [-0.3, -0.25) is 4.79 Å². The molecule has 1 aromatic rings. The van der Waals surface area contributed by atoms with E-state index in [0.717, 1.165) is 18.8 Å². The molecule has 1 aromatic heterocycles. The standard InChI is InChI=1S/C15H20N2O/c1-11(2)12-4-3-5-13(16-12)14(18)17-9-8-15(10-17)6-7-15/h3-5,11H,6-10H2,1-2H3. The first-order chi connectivity index (χ1) is 8.60. The molecule has 1 aliphatic heterocycles. The van der Waals surface area contributed by atoms with Crippen molar-refractivity contribution in [3.05, 3.63) is 29.6 Å². The first kappa shape index (κ1) is 11.7. The number of carbonyl (C=O) groups is 1. The minimum absolute atomic E-state index is 0.112. The predicted molar refractivity (Wildman–Crippen MR) is 70.5 cm³/mol. The Morgan fingerprint density at radius 1 is 1.33 bits per heavy atom. The Kier molecular flexibility index (Phi) is 2.65. The second-order valence-corrected chi connectivity index (χ2v) is 6.08. The summed E-state index contributed by atoms with van der Waals surface area (Å²) in [7, 11) is 0. The summed E-state index contributed by atoms with van der Waals surface area (Å²) in [6, 6.07) is 5.78. The van der Waals surface area contributed by atoms with Gasteiger partial charge in [-0.05, 0) is 42.7 Å². The Bertz CT molecular complexity index is 477. The molecule has 0 atom stereocenters. The monoisotopic (exact) mass is 244 g/mol. The van der Waals surface area contributed by atoms with Gasteiger partial charge in [0.05, 0.1) is 0 Å². The molecular formula is C15H20N2O. The molecule has 1 spiro atoms. The Labute approximate surface area is 108 Å². The lowest BCUT2D eigenvalue weighted by molar-refractivity contribution is 0.0779. The van der Waals surface area contributed by atoms with Crippen LogP contribution in [0.4, 0.5) is 0 Å². The summed E-state index contributed by atoms with van der Waals surface area (Å²) in [5.74, 6) is 0.479. The van der Waals surface area contributed by atoms with Crippen LogP contribution in [0.1, 0.15) is 55.2 Å². The zero-order valence-corrected chi connectivity index (χ0v) is 11.1. The highest BCUT2D eigenvalue weighted by molar-refractivity contribution is 5.92. The van der Waals surface area contributed by atoms with Crippen LogP contribution in [-0.2, 0) is 0 Å². The van der Waals surface area contributed by atoms with Crippen LogP contribution in [-0.4, -0.2) is 28.9 Å². The second kappa shape index (κ2) is 4.08. The minimum atomic E-state index is 0.112. The van der Waals surface area contributed by atoms with Gasteiger partial charge in [0.2, 0.25) is 0 Å². The minimum Gasteiger partial charge on any atom is -0.337 e. The van der Waals surface area contributed by atoms with Gasteiger partial charge >= 0.3 is 0 Å². The molecular weight excluding hydrogens is 224 g/mol. The van der Waals surface area contributed by atoms with Crippen LogP contribution in [0.25, 0.3) is 0 Å². The maximum Gasteiger partial charge on any atom is 0.272 e. The van der Waals surface area contributed by atoms with Crippen molar-refractivity contribution in [2.24, 2.45) is 5.41 Å². The summed E-state index contributed by atoms with van der Waals surface area (Å²) in [6.07, 6.45) is 3.79. The molecule has 0 aromatic carbocycles. The summed E-state index contributed by atoms with van der Waals surface area (Å²) in [4.78, 5) is 18.9. The lowest BCUT2D eigenvalue weighted by Crippen LogP contribution is -2.29. The normalized spacial score (nSPS) is 20.7. The molecule has 2 heterocycles. The molecule has 1 saturated heterocycles. The van der Waals surface area contributed by atoms with Crippen LogP contribution < -0.4 is 0 Å². The number of nitrogens with zero attached hydrogens (tertiary/aromatic N) is 2. The molecule has 0 unspecified atom stereocenters. The summed E-state index contributed by atoms with van der Waals surface area (Å²) in [6.45, 7) is 6.06. The predicted octanol–water partition coefficient (Wildman–Crippen LogP) is 2.83. The Hall–Kier alpha value is -1.38. The highest BCUT2D eigenvalue weighted by Crippen LogP contribution is 2.52. The average Bonchev–Trinajstić information content (AvgIpc) is 2.99. The maximum absolute atomic E-state index is 12.4. The van der Waals surface area contributed by atoms with Crippen molar-refractivity contribution >= 4 is 5.91 Å². The molecule has 1 amide bonds. The van der Waals surface area contributed by atoms with Gasteiger partial charge < -0.3 is 4.90 Å². The Morgan fingerprint density at radius 3 is 2.72 bits per heavy atom. The summed E-state index contributed by atoms with van der Waals surface area (Å²) >= 11 is 0. The van der Waals surface area contributed by atoms with Gasteiger partial charge in [-0.1, -0.05) is 19.9 Å². The van der Waals surface area contributed by atoms with E-state index in [1.165, 1.54) is 19.3 Å². The number of amides is 1. The van der Waals surface area contributed by atoms with Crippen molar-refractivity contribution in [3.63, 3.8) is 0 Å². The van der Waals surface area contributed by atoms with E-state index < -0.39 is 0 Å². The van der Waals surface area contributed by atoms with Gasteiger partial charge in [0.1, 0.15) is 5.69 Å². The maximum atomic E-state index is 12.4. The van der Waals surface area contributed by atoms with Gasteiger partial charge in [-0.2, -0.15) is 0 Å². The molecule has 2 fully saturated rings. The summed E-state index contributed by atoms with van der Waals surface area (Å²) < 4.78 is 0. The van der Waals surface area contributed by atoms with Crippen molar-refractivity contribution in [1.29, 1.82) is 0 Å². The molecule has 0 bridgehead atoms. The van der Waals surface area contributed by atoms with Gasteiger partial charge in [0, 0.05) is 18.8 Å². The van der Waals surface area contributed by atoms with Crippen molar-refractivity contribution in [1.82, 2.24) is 9.88 Å². The number of pyridine rings is 1. The van der Waals surface area contributed by atoms with Gasteiger partial charge in [0.25, 0.3) is 5.91 Å². The van der Waals surface area contributed by atoms with E-state index in [1.807, 2.05) is 23.1 Å². The number of likely N-dealkylation sites (tertiary alicyclic amines) is 1. The van der Waals surface area contributed by atoms with Crippen molar-refractivity contribution in [2.75, 3.05) is 13.1 Å². The van der Waals surface area contributed by atoms with E-state index in [1.54, 1.807) is 0 Å². The molecule has 3 nitrogen and oxygen atoms in total. The van der Waals surface area contributed by atoms with Gasteiger partial charge in [-0.15, -0.1) is 0 Å². The zero-order chi connectivity index (χ0) is 12.8. The molecule has 0 N–H and O–H groups in total. The van der Waals surface area contributed by atoms with Crippen molar-refractivity contribution in [2.45, 2.75) is 39.0 Å². The van der Waals surface area contributed by atoms with E-state index in [9.17, 15) is 4.79 Å². The Morgan fingerprint density at radius 2 is 2.11 bits per heavy atom. The molecule has 0 radical (unpaired) electrons. The molecule has 1 aliphatic carbocycles. The number of aromatic nitrogens is 1. The number of carbonyl (C=O) groups excluding carboxylic acids is 1. The van der Waals surface area contributed by atoms with Crippen LogP contribution in [0.2, 0.25) is 0 Å². The third-order valence-electron chi connectivity index (χ3n) is 4.26. The SMILES string of the molecule is CC(C)c1cccc(C(=O)N2CCC3(CC3)C2)n1. The number of rotatable bonds is 2. The molecule has 3 heteroatoms. The van der Waals surface area contributed by atoms with Crippen LogP contribution in [0, 0.1) is 5.41 Å². The lowest BCUT2D eigenvalue weighted by atomic mass is 10.1. The second-order valence-electron chi connectivity index (χ2n) is 6.08. The number of hydrogen-bond donors (Lipinski definition) is 0. The van der Waals surface area contributed by atoms with Gasteiger partial charge in [-0.25, -0.2) is 4.98 Å². The van der Waals surface area contributed by atoms with Crippen LogP contribution in [0.15, 0.2) is 18.2 Å². The Balaban J connectivity index is 1.77. The van der Waals surface area contributed by atoms with E-state index in [-0.39, 0.29) is 5.91 Å². The largest absolute Gasteiger partial charge is 0.337 e. The molecule has 3 rings (SSSR count). The fourth-order valence-electron chi connectivity index (χ4n) is 2.75.